The zero-order valence-corrected chi connectivity index (χ0v) is 14.4. The maximum atomic E-state index is 12.5. The molecule has 0 bridgehead atoms. The number of rotatable bonds is 8. The Kier molecular flexibility index (Phi) is 6.15. The summed E-state index contributed by atoms with van der Waals surface area (Å²) in [5, 5.41) is 3.20. The first-order chi connectivity index (χ1) is 9.22. The van der Waals surface area contributed by atoms with Gasteiger partial charge in [-0.1, -0.05) is 6.92 Å². The molecule has 116 valence electrons. The summed E-state index contributed by atoms with van der Waals surface area (Å²) in [7, 11) is -1.97. The Morgan fingerprint density at radius 3 is 2.60 bits per heavy atom. The van der Waals surface area contributed by atoms with Crippen molar-refractivity contribution in [1.82, 2.24) is 10.0 Å². The van der Waals surface area contributed by atoms with E-state index in [4.69, 9.17) is 4.74 Å². The average molecular weight is 320 g/mol. The monoisotopic (exact) mass is 320 g/mol. The standard InChI is InChI=1S/C13H24N2O3S2/c1-6-14-8-11-7-12(10(2)19-11)20(16,17)15-13(3,4)9-18-5/h7,14-15H,6,8-9H2,1-5H3. The molecule has 0 aliphatic heterocycles. The number of aryl methyl sites for hydroxylation is 1. The molecule has 1 aromatic rings. The van der Waals surface area contributed by atoms with E-state index in [9.17, 15) is 8.42 Å². The van der Waals surface area contributed by atoms with Crippen LogP contribution in [0.4, 0.5) is 0 Å². The first kappa shape index (κ1) is 17.6. The fourth-order valence-electron chi connectivity index (χ4n) is 1.94. The maximum Gasteiger partial charge on any atom is 0.242 e. The molecule has 0 saturated carbocycles. The van der Waals surface area contributed by atoms with Gasteiger partial charge in [0.15, 0.2) is 0 Å². The Balaban J connectivity index is 2.95. The third-order valence-corrected chi connectivity index (χ3v) is 5.68. The van der Waals surface area contributed by atoms with E-state index in [1.54, 1.807) is 27.0 Å². The van der Waals surface area contributed by atoms with Crippen LogP contribution in [0.5, 0.6) is 0 Å². The van der Waals surface area contributed by atoms with Crippen LogP contribution >= 0.6 is 11.3 Å². The topological polar surface area (TPSA) is 67.4 Å². The van der Waals surface area contributed by atoms with Crippen LogP contribution < -0.4 is 10.0 Å². The minimum atomic E-state index is -3.52. The summed E-state index contributed by atoms with van der Waals surface area (Å²) in [5.41, 5.74) is -0.635. The van der Waals surface area contributed by atoms with Crippen molar-refractivity contribution >= 4 is 21.4 Å². The van der Waals surface area contributed by atoms with Gasteiger partial charge in [0.1, 0.15) is 0 Å². The molecule has 0 atom stereocenters. The van der Waals surface area contributed by atoms with Gasteiger partial charge in [-0.3, -0.25) is 0 Å². The number of nitrogens with one attached hydrogen (secondary N) is 2. The van der Waals surface area contributed by atoms with Crippen molar-refractivity contribution in [1.29, 1.82) is 0 Å². The van der Waals surface area contributed by atoms with Gasteiger partial charge in [0, 0.05) is 23.4 Å². The molecule has 0 radical (unpaired) electrons. The van der Waals surface area contributed by atoms with E-state index in [2.05, 4.69) is 10.0 Å². The molecule has 20 heavy (non-hydrogen) atoms. The Labute approximate surface area is 125 Å². The summed E-state index contributed by atoms with van der Waals surface area (Å²) in [6.07, 6.45) is 0. The number of hydrogen-bond donors (Lipinski definition) is 2. The summed E-state index contributed by atoms with van der Waals surface area (Å²) in [6.45, 7) is 9.33. The molecule has 2 N–H and O–H groups in total. The Bertz CT molecular complexity index is 536. The van der Waals surface area contributed by atoms with Crippen LogP contribution in [0.3, 0.4) is 0 Å². The lowest BCUT2D eigenvalue weighted by Crippen LogP contribution is -2.46. The van der Waals surface area contributed by atoms with Crippen molar-refractivity contribution in [3.8, 4) is 0 Å². The zero-order chi connectivity index (χ0) is 15.4. The number of hydrogen-bond acceptors (Lipinski definition) is 5. The highest BCUT2D eigenvalue weighted by atomic mass is 32.2. The molecule has 7 heteroatoms. The highest BCUT2D eigenvalue weighted by molar-refractivity contribution is 7.89. The summed E-state index contributed by atoms with van der Waals surface area (Å²) in [6, 6.07) is 1.74. The minimum absolute atomic E-state index is 0.319. The molecular weight excluding hydrogens is 296 g/mol. The van der Waals surface area contributed by atoms with E-state index >= 15 is 0 Å². The van der Waals surface area contributed by atoms with Gasteiger partial charge in [-0.25, -0.2) is 13.1 Å². The number of thiophene rings is 1. The first-order valence-electron chi connectivity index (χ1n) is 6.55. The van der Waals surface area contributed by atoms with Gasteiger partial charge in [-0.15, -0.1) is 11.3 Å². The molecule has 0 spiro atoms. The molecule has 1 aromatic heterocycles. The molecule has 0 amide bonds. The third-order valence-electron chi connectivity index (χ3n) is 2.68. The van der Waals surface area contributed by atoms with Crippen molar-refractivity contribution in [2.24, 2.45) is 0 Å². The van der Waals surface area contributed by atoms with E-state index in [1.807, 2.05) is 13.8 Å². The highest BCUT2D eigenvalue weighted by Crippen LogP contribution is 2.26. The van der Waals surface area contributed by atoms with Crippen molar-refractivity contribution in [3.63, 3.8) is 0 Å². The lowest BCUT2D eigenvalue weighted by Gasteiger charge is -2.24. The van der Waals surface area contributed by atoms with Gasteiger partial charge in [0.05, 0.1) is 17.0 Å². The van der Waals surface area contributed by atoms with E-state index < -0.39 is 15.6 Å². The van der Waals surface area contributed by atoms with Crippen molar-refractivity contribution in [2.45, 2.75) is 44.7 Å². The molecule has 0 fully saturated rings. The molecule has 5 nitrogen and oxygen atoms in total. The minimum Gasteiger partial charge on any atom is -0.383 e. The molecule has 0 saturated heterocycles. The van der Waals surface area contributed by atoms with Gasteiger partial charge in [0.25, 0.3) is 0 Å². The Hall–Kier alpha value is -0.470. The van der Waals surface area contributed by atoms with Gasteiger partial charge < -0.3 is 10.1 Å². The molecule has 0 aliphatic rings. The molecular formula is C13H24N2O3S2. The zero-order valence-electron chi connectivity index (χ0n) is 12.7. The van der Waals surface area contributed by atoms with Gasteiger partial charge in [-0.2, -0.15) is 0 Å². The van der Waals surface area contributed by atoms with Crippen LogP contribution in [0.2, 0.25) is 0 Å². The van der Waals surface area contributed by atoms with Crippen LogP contribution in [0.25, 0.3) is 0 Å². The number of sulfonamides is 1. The van der Waals surface area contributed by atoms with Gasteiger partial charge >= 0.3 is 0 Å². The molecule has 0 aromatic carbocycles. The summed E-state index contributed by atoms with van der Waals surface area (Å²) < 4.78 is 32.6. The van der Waals surface area contributed by atoms with Crippen LogP contribution in [0, 0.1) is 6.92 Å². The first-order valence-corrected chi connectivity index (χ1v) is 8.85. The van der Waals surface area contributed by atoms with Gasteiger partial charge in [0.2, 0.25) is 10.0 Å². The SMILES string of the molecule is CCNCc1cc(S(=O)(=O)NC(C)(C)COC)c(C)s1. The fraction of sp³-hybridized carbons (Fsp3) is 0.692. The van der Waals surface area contributed by atoms with E-state index in [1.165, 1.54) is 11.3 Å². The van der Waals surface area contributed by atoms with E-state index in [0.29, 0.717) is 18.0 Å². The lowest BCUT2D eigenvalue weighted by molar-refractivity contribution is 0.141. The number of methoxy groups -OCH3 is 1. The van der Waals surface area contributed by atoms with Crippen LogP contribution in [-0.4, -0.2) is 34.2 Å². The summed E-state index contributed by atoms with van der Waals surface area (Å²) in [4.78, 5) is 2.19. The predicted molar refractivity (Wildman–Crippen MR) is 82.7 cm³/mol. The largest absolute Gasteiger partial charge is 0.383 e. The molecule has 0 unspecified atom stereocenters. The van der Waals surface area contributed by atoms with Gasteiger partial charge in [-0.05, 0) is 33.4 Å². The highest BCUT2D eigenvalue weighted by Gasteiger charge is 2.28. The van der Waals surface area contributed by atoms with Crippen molar-refractivity contribution < 1.29 is 13.2 Å². The van der Waals surface area contributed by atoms with Crippen molar-refractivity contribution in [2.75, 3.05) is 20.3 Å². The lowest BCUT2D eigenvalue weighted by atomic mass is 10.1. The Morgan fingerprint density at radius 1 is 1.40 bits per heavy atom. The third kappa shape index (κ3) is 4.82. The smallest absolute Gasteiger partial charge is 0.242 e. The molecule has 1 heterocycles. The fourth-order valence-corrected chi connectivity index (χ4v) is 4.94. The van der Waals surface area contributed by atoms with Crippen LogP contribution in [-0.2, 0) is 21.3 Å². The van der Waals surface area contributed by atoms with E-state index in [-0.39, 0.29) is 0 Å². The second-order valence-corrected chi connectivity index (χ2v) is 8.33. The molecule has 1 rings (SSSR count). The van der Waals surface area contributed by atoms with Crippen molar-refractivity contribution in [3.05, 3.63) is 15.8 Å². The maximum absolute atomic E-state index is 12.5. The second kappa shape index (κ2) is 7.00. The number of ether oxygens (including phenoxy) is 1. The van der Waals surface area contributed by atoms with E-state index in [0.717, 1.165) is 16.3 Å². The normalized spacial score (nSPS) is 12.8. The average Bonchev–Trinajstić information content (AvgIpc) is 2.67. The van der Waals surface area contributed by atoms with Crippen LogP contribution in [0.15, 0.2) is 11.0 Å². The Morgan fingerprint density at radius 2 is 2.05 bits per heavy atom. The predicted octanol–water partition coefficient (Wildman–Crippen LogP) is 1.87. The quantitative estimate of drug-likeness (QED) is 0.767. The molecule has 0 aliphatic carbocycles. The summed E-state index contributed by atoms with van der Waals surface area (Å²) >= 11 is 1.51. The second-order valence-electron chi connectivity index (χ2n) is 5.34. The summed E-state index contributed by atoms with van der Waals surface area (Å²) in [5.74, 6) is 0. The van der Waals surface area contributed by atoms with Crippen LogP contribution in [0.1, 0.15) is 30.5 Å².